The lowest BCUT2D eigenvalue weighted by Gasteiger charge is -2.13. The highest BCUT2D eigenvalue weighted by atomic mass is 32.2. The summed E-state index contributed by atoms with van der Waals surface area (Å²) in [6, 6.07) is 19.4. The summed E-state index contributed by atoms with van der Waals surface area (Å²) in [6.07, 6.45) is 3.45. The predicted molar refractivity (Wildman–Crippen MR) is 115 cm³/mol. The Hall–Kier alpha value is -3.32. The molecule has 0 saturated carbocycles. The fourth-order valence-corrected chi connectivity index (χ4v) is 3.98. The lowest BCUT2D eigenvalue weighted by Crippen LogP contribution is -2.15. The number of carbonyl (C=O) groups excluding carboxylic acids is 1. The van der Waals surface area contributed by atoms with Crippen LogP contribution in [0.25, 0.3) is 11.4 Å². The van der Waals surface area contributed by atoms with E-state index in [-0.39, 0.29) is 11.6 Å². The van der Waals surface area contributed by atoms with Gasteiger partial charge in [-0.3, -0.25) is 14.3 Å². The van der Waals surface area contributed by atoms with E-state index in [4.69, 9.17) is 0 Å². The number of aromatic nitrogens is 4. The molecule has 4 rings (SSSR count). The van der Waals surface area contributed by atoms with Crippen LogP contribution < -0.4 is 0 Å². The molecule has 0 aliphatic carbocycles. The fourth-order valence-electron chi connectivity index (χ4n) is 3.05. The van der Waals surface area contributed by atoms with E-state index in [1.165, 1.54) is 36.0 Å². The van der Waals surface area contributed by atoms with Gasteiger partial charge in [0.05, 0.1) is 11.8 Å². The molecule has 2 aromatic carbocycles. The maximum atomic E-state index is 13.2. The Bertz CT molecular complexity index is 1130. The summed E-state index contributed by atoms with van der Waals surface area (Å²) in [6.45, 7) is 2.39. The number of nitrogens with zero attached hydrogens (tertiary/aromatic N) is 4. The lowest BCUT2D eigenvalue weighted by molar-refractivity contribution is 0.0994. The highest BCUT2D eigenvalue weighted by molar-refractivity contribution is 8.00. The summed E-state index contributed by atoms with van der Waals surface area (Å²) < 4.78 is 15.2. The first-order chi connectivity index (χ1) is 14.6. The van der Waals surface area contributed by atoms with Gasteiger partial charge in [-0.2, -0.15) is 0 Å². The minimum absolute atomic E-state index is 0.0859. The summed E-state index contributed by atoms with van der Waals surface area (Å²) in [7, 11) is 0. The molecule has 1 unspecified atom stereocenters. The van der Waals surface area contributed by atoms with Gasteiger partial charge >= 0.3 is 0 Å². The minimum atomic E-state index is -0.407. The van der Waals surface area contributed by atoms with Crippen LogP contribution in [-0.2, 0) is 6.54 Å². The first-order valence-corrected chi connectivity index (χ1v) is 10.3. The number of hydrogen-bond donors (Lipinski definition) is 0. The zero-order chi connectivity index (χ0) is 20.9. The quantitative estimate of drug-likeness (QED) is 0.316. The van der Waals surface area contributed by atoms with Crippen molar-refractivity contribution < 1.29 is 9.18 Å². The van der Waals surface area contributed by atoms with E-state index < -0.39 is 5.25 Å². The van der Waals surface area contributed by atoms with E-state index in [1.807, 2.05) is 54.0 Å². The van der Waals surface area contributed by atoms with Crippen LogP contribution in [0.2, 0.25) is 0 Å². The number of ketones is 1. The second-order valence-electron chi connectivity index (χ2n) is 6.75. The molecular formula is C23H19FN4OS. The summed E-state index contributed by atoms with van der Waals surface area (Å²) in [4.78, 5) is 17.0. The van der Waals surface area contributed by atoms with E-state index in [9.17, 15) is 9.18 Å². The minimum Gasteiger partial charge on any atom is -0.297 e. The van der Waals surface area contributed by atoms with Crippen molar-refractivity contribution in [3.05, 3.63) is 96.1 Å². The van der Waals surface area contributed by atoms with Crippen LogP contribution in [0.15, 0.2) is 84.3 Å². The molecule has 150 valence electrons. The van der Waals surface area contributed by atoms with E-state index in [0.717, 1.165) is 11.1 Å². The number of carbonyl (C=O) groups is 1. The molecule has 2 aromatic heterocycles. The normalized spacial score (nSPS) is 11.9. The van der Waals surface area contributed by atoms with E-state index in [2.05, 4.69) is 15.2 Å². The van der Waals surface area contributed by atoms with Gasteiger partial charge < -0.3 is 0 Å². The smallest absolute Gasteiger partial charge is 0.192 e. The SMILES string of the molecule is CC(Sc1nnc(-c2cccnc2)n1Cc1ccccc1)C(=O)c1ccc(F)cc1. The molecule has 0 bridgehead atoms. The summed E-state index contributed by atoms with van der Waals surface area (Å²) in [5.41, 5.74) is 2.42. The van der Waals surface area contributed by atoms with Crippen molar-refractivity contribution in [3.63, 3.8) is 0 Å². The number of pyridine rings is 1. The van der Waals surface area contributed by atoms with Crippen LogP contribution in [0.5, 0.6) is 0 Å². The first kappa shape index (κ1) is 20.0. The summed E-state index contributed by atoms with van der Waals surface area (Å²) in [5, 5.41) is 8.96. The average molecular weight is 418 g/mol. The molecule has 0 radical (unpaired) electrons. The summed E-state index contributed by atoms with van der Waals surface area (Å²) in [5.74, 6) is 0.239. The average Bonchev–Trinajstić information content (AvgIpc) is 3.17. The third kappa shape index (κ3) is 4.46. The highest BCUT2D eigenvalue weighted by Crippen LogP contribution is 2.29. The number of thioether (sulfide) groups is 1. The van der Waals surface area contributed by atoms with Crippen LogP contribution in [-0.4, -0.2) is 30.8 Å². The summed E-state index contributed by atoms with van der Waals surface area (Å²) >= 11 is 1.34. The van der Waals surface area contributed by atoms with E-state index in [0.29, 0.717) is 23.1 Å². The van der Waals surface area contributed by atoms with E-state index in [1.54, 1.807) is 12.4 Å². The van der Waals surface area contributed by atoms with Gasteiger partial charge in [0.15, 0.2) is 16.8 Å². The number of hydrogen-bond acceptors (Lipinski definition) is 5. The van der Waals surface area contributed by atoms with Crippen LogP contribution in [0, 0.1) is 5.82 Å². The van der Waals surface area contributed by atoms with Crippen LogP contribution in [0.1, 0.15) is 22.8 Å². The lowest BCUT2D eigenvalue weighted by atomic mass is 10.1. The molecule has 4 aromatic rings. The van der Waals surface area contributed by atoms with Crippen LogP contribution >= 0.6 is 11.8 Å². The van der Waals surface area contributed by atoms with Gasteiger partial charge in [-0.05, 0) is 48.9 Å². The zero-order valence-corrected chi connectivity index (χ0v) is 17.1. The van der Waals surface area contributed by atoms with Gasteiger partial charge in [-0.1, -0.05) is 42.1 Å². The van der Waals surface area contributed by atoms with Gasteiger partial charge in [-0.15, -0.1) is 10.2 Å². The fraction of sp³-hybridized carbons (Fsp3) is 0.130. The molecule has 0 amide bonds. The molecule has 2 heterocycles. The Balaban J connectivity index is 1.64. The largest absolute Gasteiger partial charge is 0.297 e. The molecule has 7 heteroatoms. The molecule has 0 aliphatic heterocycles. The van der Waals surface area contributed by atoms with Gasteiger partial charge in [0, 0.05) is 23.5 Å². The van der Waals surface area contributed by atoms with Crippen molar-refractivity contribution in [2.75, 3.05) is 0 Å². The number of rotatable bonds is 7. The van der Waals surface area contributed by atoms with Gasteiger partial charge in [0.2, 0.25) is 0 Å². The molecule has 0 N–H and O–H groups in total. The van der Waals surface area contributed by atoms with Crippen LogP contribution in [0.3, 0.4) is 0 Å². The molecule has 0 spiro atoms. The molecule has 0 saturated heterocycles. The number of Topliss-reactive ketones (excluding diaryl/α,β-unsaturated/α-hetero) is 1. The van der Waals surface area contributed by atoms with Crippen molar-refractivity contribution in [1.29, 1.82) is 0 Å². The molecule has 0 aliphatic rings. The zero-order valence-electron chi connectivity index (χ0n) is 16.3. The maximum absolute atomic E-state index is 13.2. The van der Waals surface area contributed by atoms with Crippen molar-refractivity contribution in [2.45, 2.75) is 23.9 Å². The van der Waals surface area contributed by atoms with Crippen molar-refractivity contribution >= 4 is 17.5 Å². The van der Waals surface area contributed by atoms with Crippen molar-refractivity contribution in [1.82, 2.24) is 19.7 Å². The standard InChI is InChI=1S/C23H19FN4OS/c1-16(21(29)18-9-11-20(24)12-10-18)30-23-27-26-22(19-8-5-13-25-14-19)28(23)15-17-6-3-2-4-7-17/h2-14,16H,15H2,1H3. The van der Waals surface area contributed by atoms with Gasteiger partial charge in [-0.25, -0.2) is 4.39 Å². The molecule has 5 nitrogen and oxygen atoms in total. The predicted octanol–water partition coefficient (Wildman–Crippen LogP) is 4.89. The molecule has 1 atom stereocenters. The third-order valence-corrected chi connectivity index (χ3v) is 5.68. The third-order valence-electron chi connectivity index (χ3n) is 4.60. The highest BCUT2D eigenvalue weighted by Gasteiger charge is 2.22. The Morgan fingerprint density at radius 3 is 2.50 bits per heavy atom. The Kier molecular flexibility index (Phi) is 5.99. The molecule has 0 fully saturated rings. The Morgan fingerprint density at radius 1 is 1.03 bits per heavy atom. The van der Waals surface area contributed by atoms with Crippen molar-refractivity contribution in [3.8, 4) is 11.4 Å². The molecule has 30 heavy (non-hydrogen) atoms. The van der Waals surface area contributed by atoms with Crippen LogP contribution in [0.4, 0.5) is 4.39 Å². The topological polar surface area (TPSA) is 60.7 Å². The van der Waals surface area contributed by atoms with E-state index >= 15 is 0 Å². The Labute approximate surface area is 178 Å². The number of halogens is 1. The Morgan fingerprint density at radius 2 is 1.80 bits per heavy atom. The molecular weight excluding hydrogens is 399 g/mol. The monoisotopic (exact) mass is 418 g/mol. The van der Waals surface area contributed by atoms with Crippen molar-refractivity contribution in [2.24, 2.45) is 0 Å². The number of benzene rings is 2. The maximum Gasteiger partial charge on any atom is 0.192 e. The second kappa shape index (κ2) is 9.00. The van der Waals surface area contributed by atoms with Gasteiger partial charge in [0.1, 0.15) is 5.82 Å². The van der Waals surface area contributed by atoms with Gasteiger partial charge in [0.25, 0.3) is 0 Å². The first-order valence-electron chi connectivity index (χ1n) is 9.46. The second-order valence-corrected chi connectivity index (χ2v) is 8.06.